The minimum Gasteiger partial charge on any atom is -0.386 e. The van der Waals surface area contributed by atoms with Gasteiger partial charge in [-0.25, -0.2) is 0 Å². The van der Waals surface area contributed by atoms with Crippen molar-refractivity contribution < 1.29 is 4.79 Å². The lowest BCUT2D eigenvalue weighted by Gasteiger charge is -2.17. The molecule has 0 bridgehead atoms. The maximum absolute atomic E-state index is 11.9. The van der Waals surface area contributed by atoms with Crippen molar-refractivity contribution in [1.82, 2.24) is 5.32 Å². The van der Waals surface area contributed by atoms with Gasteiger partial charge in [0.2, 0.25) is 5.91 Å². The molecule has 0 heterocycles. The molecule has 1 rings (SSSR count). The molecule has 18 heavy (non-hydrogen) atoms. The van der Waals surface area contributed by atoms with Gasteiger partial charge in [-0.1, -0.05) is 32.0 Å². The molecule has 0 aromatic heterocycles. The van der Waals surface area contributed by atoms with E-state index in [1.54, 1.807) is 6.08 Å². The van der Waals surface area contributed by atoms with Gasteiger partial charge in [0.1, 0.15) is 0 Å². The van der Waals surface area contributed by atoms with Gasteiger partial charge in [-0.15, -0.1) is 0 Å². The summed E-state index contributed by atoms with van der Waals surface area (Å²) in [4.78, 5) is 11.9. The molecule has 0 atom stereocenters. The zero-order chi connectivity index (χ0) is 13.5. The molecule has 1 amide bonds. The van der Waals surface area contributed by atoms with Crippen molar-refractivity contribution in [2.45, 2.75) is 33.7 Å². The van der Waals surface area contributed by atoms with E-state index in [1.807, 2.05) is 30.3 Å². The van der Waals surface area contributed by atoms with Crippen LogP contribution in [-0.2, 0) is 4.79 Å². The molecule has 0 spiro atoms. The van der Waals surface area contributed by atoms with Gasteiger partial charge in [0.15, 0.2) is 0 Å². The molecule has 0 saturated heterocycles. The van der Waals surface area contributed by atoms with Crippen molar-refractivity contribution in [2.75, 3.05) is 5.32 Å². The molecule has 2 N–H and O–H groups in total. The Bertz CT molecular complexity index is 408. The molecule has 1 aromatic carbocycles. The lowest BCUT2D eigenvalue weighted by molar-refractivity contribution is -0.112. The average molecular weight is 246 g/mol. The molecule has 0 aliphatic carbocycles. The highest BCUT2D eigenvalue weighted by Gasteiger charge is 2.07. The predicted molar refractivity (Wildman–Crippen MR) is 76.3 cm³/mol. The molecule has 98 valence electrons. The Hall–Kier alpha value is -1.77. The number of nitrogens with one attached hydrogen (secondary N) is 2. The van der Waals surface area contributed by atoms with Gasteiger partial charge in [-0.3, -0.25) is 4.79 Å². The summed E-state index contributed by atoms with van der Waals surface area (Å²) in [5.74, 6) is 0.201. The summed E-state index contributed by atoms with van der Waals surface area (Å²) in [6, 6.07) is 9.78. The van der Waals surface area contributed by atoms with Crippen molar-refractivity contribution in [1.29, 1.82) is 0 Å². The van der Waals surface area contributed by atoms with Crippen LogP contribution in [0.25, 0.3) is 0 Å². The van der Waals surface area contributed by atoms with Crippen LogP contribution in [0, 0.1) is 5.92 Å². The van der Waals surface area contributed by atoms with E-state index in [1.165, 1.54) is 0 Å². The second-order valence-electron chi connectivity index (χ2n) is 4.91. The highest BCUT2D eigenvalue weighted by Crippen LogP contribution is 2.09. The highest BCUT2D eigenvalue weighted by atomic mass is 16.1. The molecule has 0 fully saturated rings. The first kappa shape index (κ1) is 14.3. The second-order valence-corrected chi connectivity index (χ2v) is 4.91. The number of benzene rings is 1. The lowest BCUT2D eigenvalue weighted by atomic mass is 10.1. The molecule has 0 radical (unpaired) electrons. The van der Waals surface area contributed by atoms with Crippen LogP contribution in [0.15, 0.2) is 42.1 Å². The molecule has 3 heteroatoms. The summed E-state index contributed by atoms with van der Waals surface area (Å²) in [6.45, 7) is 8.25. The maximum Gasteiger partial charge on any atom is 0.250 e. The van der Waals surface area contributed by atoms with E-state index in [2.05, 4.69) is 38.3 Å². The second kappa shape index (κ2) is 6.84. The van der Waals surface area contributed by atoms with E-state index < -0.39 is 0 Å². The SMILES string of the molecule is CC(C)N/C(=C/C(=O)Nc1ccccc1)C(C)C. The number of hydrogen-bond acceptors (Lipinski definition) is 2. The van der Waals surface area contributed by atoms with E-state index in [0.717, 1.165) is 11.4 Å². The van der Waals surface area contributed by atoms with E-state index in [4.69, 9.17) is 0 Å². The topological polar surface area (TPSA) is 41.1 Å². The quantitative estimate of drug-likeness (QED) is 0.784. The zero-order valence-corrected chi connectivity index (χ0v) is 11.5. The molecule has 0 saturated carbocycles. The van der Waals surface area contributed by atoms with Crippen LogP contribution < -0.4 is 10.6 Å². The third-order valence-electron chi connectivity index (χ3n) is 2.41. The fourth-order valence-corrected chi connectivity index (χ4v) is 1.55. The van der Waals surface area contributed by atoms with Crippen molar-refractivity contribution in [3.05, 3.63) is 42.1 Å². The fraction of sp³-hybridized carbons (Fsp3) is 0.400. The van der Waals surface area contributed by atoms with Gasteiger partial charge < -0.3 is 10.6 Å². The number of anilines is 1. The van der Waals surface area contributed by atoms with Crippen LogP contribution in [0.2, 0.25) is 0 Å². The largest absolute Gasteiger partial charge is 0.386 e. The van der Waals surface area contributed by atoms with E-state index in [0.29, 0.717) is 12.0 Å². The first-order chi connectivity index (χ1) is 8.49. The zero-order valence-electron chi connectivity index (χ0n) is 11.5. The fourth-order valence-electron chi connectivity index (χ4n) is 1.55. The van der Waals surface area contributed by atoms with Gasteiger partial charge in [-0.2, -0.15) is 0 Å². The number of amides is 1. The average Bonchev–Trinajstić information content (AvgIpc) is 2.28. The van der Waals surface area contributed by atoms with E-state index >= 15 is 0 Å². The molecular weight excluding hydrogens is 224 g/mol. The van der Waals surface area contributed by atoms with Crippen LogP contribution in [0.3, 0.4) is 0 Å². The first-order valence-corrected chi connectivity index (χ1v) is 6.33. The molecule has 0 aliphatic rings. The van der Waals surface area contributed by atoms with Gasteiger partial charge >= 0.3 is 0 Å². The summed E-state index contributed by atoms with van der Waals surface area (Å²) >= 11 is 0. The molecule has 3 nitrogen and oxygen atoms in total. The van der Waals surface area contributed by atoms with Crippen LogP contribution in [0.5, 0.6) is 0 Å². The standard InChI is InChI=1S/C15H22N2O/c1-11(2)14(16-12(3)4)10-15(18)17-13-8-6-5-7-9-13/h5-12,16H,1-4H3,(H,17,18)/b14-10+. The number of hydrogen-bond donors (Lipinski definition) is 2. The van der Waals surface area contributed by atoms with Gasteiger partial charge in [0.05, 0.1) is 0 Å². The molecule has 1 aromatic rings. The van der Waals surface area contributed by atoms with Crippen LogP contribution >= 0.6 is 0 Å². The van der Waals surface area contributed by atoms with E-state index in [-0.39, 0.29) is 5.91 Å². The predicted octanol–water partition coefficient (Wildman–Crippen LogP) is 3.16. The maximum atomic E-state index is 11.9. The first-order valence-electron chi connectivity index (χ1n) is 6.33. The highest BCUT2D eigenvalue weighted by molar-refractivity contribution is 5.99. The minimum atomic E-state index is -0.0990. The monoisotopic (exact) mass is 246 g/mol. The van der Waals surface area contributed by atoms with Crippen LogP contribution in [0.1, 0.15) is 27.7 Å². The normalized spacial score (nSPS) is 11.8. The number of allylic oxidation sites excluding steroid dienone is 1. The number of carbonyl (C=O) groups is 1. The van der Waals surface area contributed by atoms with Crippen molar-refractivity contribution >= 4 is 11.6 Å². The van der Waals surface area contributed by atoms with Gasteiger partial charge in [0, 0.05) is 23.5 Å². The molecule has 0 aliphatic heterocycles. The van der Waals surface area contributed by atoms with Crippen LogP contribution in [0.4, 0.5) is 5.69 Å². The molecular formula is C15H22N2O. The Kier molecular flexibility index (Phi) is 5.43. The lowest BCUT2D eigenvalue weighted by Crippen LogP contribution is -2.26. The summed E-state index contributed by atoms with van der Waals surface area (Å²) in [5, 5.41) is 6.14. The third kappa shape index (κ3) is 5.04. The van der Waals surface area contributed by atoms with E-state index in [9.17, 15) is 4.79 Å². The third-order valence-corrected chi connectivity index (χ3v) is 2.41. The summed E-state index contributed by atoms with van der Waals surface area (Å²) in [7, 11) is 0. The smallest absolute Gasteiger partial charge is 0.250 e. The summed E-state index contributed by atoms with van der Waals surface area (Å²) < 4.78 is 0. The summed E-state index contributed by atoms with van der Waals surface area (Å²) in [5.41, 5.74) is 1.77. The van der Waals surface area contributed by atoms with Gasteiger partial charge in [0.25, 0.3) is 0 Å². The Morgan fingerprint density at radius 1 is 1.11 bits per heavy atom. The summed E-state index contributed by atoms with van der Waals surface area (Å²) in [6.07, 6.45) is 1.64. The van der Waals surface area contributed by atoms with Crippen molar-refractivity contribution in [2.24, 2.45) is 5.92 Å². The number of rotatable bonds is 5. The van der Waals surface area contributed by atoms with Gasteiger partial charge in [-0.05, 0) is 31.9 Å². The number of para-hydroxylation sites is 1. The van der Waals surface area contributed by atoms with Crippen LogP contribution in [-0.4, -0.2) is 11.9 Å². The minimum absolute atomic E-state index is 0.0990. The molecule has 0 unspecified atom stereocenters. The van der Waals surface area contributed by atoms with Crippen molar-refractivity contribution in [3.8, 4) is 0 Å². The Balaban J connectivity index is 2.70. The Morgan fingerprint density at radius 2 is 1.72 bits per heavy atom. The van der Waals surface area contributed by atoms with Crippen molar-refractivity contribution in [3.63, 3.8) is 0 Å². The number of carbonyl (C=O) groups excluding carboxylic acids is 1. The Morgan fingerprint density at radius 3 is 2.22 bits per heavy atom. The Labute approximate surface area is 109 Å².